The van der Waals surface area contributed by atoms with Gasteiger partial charge in [-0.25, -0.2) is 4.79 Å². The molecule has 4 heteroatoms. The van der Waals surface area contributed by atoms with Crippen molar-refractivity contribution in [2.45, 2.75) is 12.8 Å². The Labute approximate surface area is 123 Å². The molecule has 0 atom stereocenters. The Balaban J connectivity index is 2.34. The van der Waals surface area contributed by atoms with E-state index in [0.29, 0.717) is 23.5 Å². The smallest absolute Gasteiger partial charge is 0.339 e. The number of aromatic carboxylic acids is 1. The molecule has 2 rings (SSSR count). The van der Waals surface area contributed by atoms with Gasteiger partial charge in [0.05, 0.1) is 14.2 Å². The van der Waals surface area contributed by atoms with Crippen LogP contribution >= 0.6 is 0 Å². The highest BCUT2D eigenvalue weighted by Crippen LogP contribution is 2.29. The second-order valence-corrected chi connectivity index (χ2v) is 4.65. The number of rotatable bonds is 6. The van der Waals surface area contributed by atoms with Crippen molar-refractivity contribution < 1.29 is 19.4 Å². The Morgan fingerprint density at radius 2 is 1.76 bits per heavy atom. The molecule has 4 nitrogen and oxygen atoms in total. The molecule has 0 spiro atoms. The third-order valence-electron chi connectivity index (χ3n) is 3.35. The number of hydrogen-bond donors (Lipinski definition) is 1. The van der Waals surface area contributed by atoms with Crippen LogP contribution in [0.15, 0.2) is 42.5 Å². The highest BCUT2D eigenvalue weighted by Gasteiger charge is 2.18. The number of aryl methyl sites for hydroxylation is 2. The molecule has 2 aromatic rings. The summed E-state index contributed by atoms with van der Waals surface area (Å²) in [7, 11) is 3.01. The summed E-state index contributed by atoms with van der Waals surface area (Å²) in [5.74, 6) is -0.0672. The lowest BCUT2D eigenvalue weighted by Crippen LogP contribution is -2.07. The van der Waals surface area contributed by atoms with Crippen LogP contribution in [0.2, 0.25) is 0 Å². The van der Waals surface area contributed by atoms with Crippen molar-refractivity contribution in [2.24, 2.45) is 0 Å². The van der Waals surface area contributed by atoms with Gasteiger partial charge in [0.15, 0.2) is 0 Å². The maximum absolute atomic E-state index is 11.5. The molecule has 0 aliphatic carbocycles. The molecular weight excluding hydrogens is 268 g/mol. The summed E-state index contributed by atoms with van der Waals surface area (Å²) in [6, 6.07) is 13.3. The zero-order valence-electron chi connectivity index (χ0n) is 12.1. The van der Waals surface area contributed by atoms with E-state index in [-0.39, 0.29) is 5.56 Å². The molecule has 0 fully saturated rings. The normalized spacial score (nSPS) is 10.2. The first kappa shape index (κ1) is 14.9. The SMILES string of the molecule is COc1cc(CCc2ccccc2)c(C(=O)O)c(OC)c1. The van der Waals surface area contributed by atoms with Gasteiger partial charge in [0, 0.05) is 6.07 Å². The van der Waals surface area contributed by atoms with Crippen molar-refractivity contribution in [3.05, 3.63) is 59.2 Å². The van der Waals surface area contributed by atoms with Crippen molar-refractivity contribution in [1.29, 1.82) is 0 Å². The molecule has 0 unspecified atom stereocenters. The fourth-order valence-corrected chi connectivity index (χ4v) is 2.29. The lowest BCUT2D eigenvalue weighted by Gasteiger charge is -2.13. The lowest BCUT2D eigenvalue weighted by molar-refractivity contribution is 0.0692. The van der Waals surface area contributed by atoms with Crippen LogP contribution in [0.1, 0.15) is 21.5 Å². The molecule has 0 saturated carbocycles. The van der Waals surface area contributed by atoms with E-state index < -0.39 is 5.97 Å². The minimum Gasteiger partial charge on any atom is -0.497 e. The second-order valence-electron chi connectivity index (χ2n) is 4.65. The molecule has 21 heavy (non-hydrogen) atoms. The van der Waals surface area contributed by atoms with Crippen molar-refractivity contribution in [1.82, 2.24) is 0 Å². The van der Waals surface area contributed by atoms with Gasteiger partial charge in [0.1, 0.15) is 17.1 Å². The lowest BCUT2D eigenvalue weighted by atomic mass is 9.98. The van der Waals surface area contributed by atoms with Gasteiger partial charge in [-0.15, -0.1) is 0 Å². The Bertz CT molecular complexity index is 620. The Morgan fingerprint density at radius 1 is 1.05 bits per heavy atom. The van der Waals surface area contributed by atoms with Gasteiger partial charge in [0.2, 0.25) is 0 Å². The highest BCUT2D eigenvalue weighted by molar-refractivity contribution is 5.93. The van der Waals surface area contributed by atoms with E-state index >= 15 is 0 Å². The first-order valence-electron chi connectivity index (χ1n) is 6.67. The van der Waals surface area contributed by atoms with Gasteiger partial charge in [-0.05, 0) is 30.0 Å². The van der Waals surface area contributed by atoms with Crippen LogP contribution in [-0.4, -0.2) is 25.3 Å². The minimum absolute atomic E-state index is 0.203. The number of hydrogen-bond acceptors (Lipinski definition) is 3. The van der Waals surface area contributed by atoms with Crippen LogP contribution in [-0.2, 0) is 12.8 Å². The molecule has 0 radical (unpaired) electrons. The molecule has 0 heterocycles. The zero-order chi connectivity index (χ0) is 15.2. The molecule has 0 aliphatic rings. The van der Waals surface area contributed by atoms with Crippen molar-refractivity contribution in [3.8, 4) is 11.5 Å². The van der Waals surface area contributed by atoms with Gasteiger partial charge in [-0.1, -0.05) is 30.3 Å². The number of carboxylic acids is 1. The summed E-state index contributed by atoms with van der Waals surface area (Å²) in [6.45, 7) is 0. The zero-order valence-corrected chi connectivity index (χ0v) is 12.1. The number of carbonyl (C=O) groups is 1. The molecule has 1 N–H and O–H groups in total. The molecule has 0 aromatic heterocycles. The topological polar surface area (TPSA) is 55.8 Å². The standard InChI is InChI=1S/C17H18O4/c1-20-14-10-13(9-8-12-6-4-3-5-7-12)16(17(18)19)15(11-14)21-2/h3-7,10-11H,8-9H2,1-2H3,(H,18,19). The average molecular weight is 286 g/mol. The van der Waals surface area contributed by atoms with E-state index in [9.17, 15) is 9.90 Å². The van der Waals surface area contributed by atoms with Crippen LogP contribution < -0.4 is 9.47 Å². The van der Waals surface area contributed by atoms with Crippen LogP contribution in [0.25, 0.3) is 0 Å². The maximum atomic E-state index is 11.5. The van der Waals surface area contributed by atoms with Crippen LogP contribution in [0.5, 0.6) is 11.5 Å². The fourth-order valence-electron chi connectivity index (χ4n) is 2.29. The van der Waals surface area contributed by atoms with Gasteiger partial charge in [-0.2, -0.15) is 0 Å². The van der Waals surface area contributed by atoms with E-state index in [1.54, 1.807) is 19.2 Å². The molecule has 2 aromatic carbocycles. The molecule has 0 saturated heterocycles. The van der Waals surface area contributed by atoms with E-state index in [1.165, 1.54) is 7.11 Å². The number of carboxylic acid groups (broad SMARTS) is 1. The predicted molar refractivity (Wildman–Crippen MR) is 80.4 cm³/mol. The summed E-state index contributed by atoms with van der Waals surface area (Å²) < 4.78 is 10.4. The summed E-state index contributed by atoms with van der Waals surface area (Å²) >= 11 is 0. The third-order valence-corrected chi connectivity index (χ3v) is 3.35. The largest absolute Gasteiger partial charge is 0.497 e. The van der Waals surface area contributed by atoms with E-state index in [0.717, 1.165) is 12.0 Å². The van der Waals surface area contributed by atoms with Crippen LogP contribution in [0, 0.1) is 0 Å². The molecule has 0 amide bonds. The Hall–Kier alpha value is -2.49. The Morgan fingerprint density at radius 3 is 2.33 bits per heavy atom. The first-order chi connectivity index (χ1) is 10.2. The number of ether oxygens (including phenoxy) is 2. The van der Waals surface area contributed by atoms with E-state index in [2.05, 4.69) is 0 Å². The molecule has 0 bridgehead atoms. The fraction of sp³-hybridized carbons (Fsp3) is 0.235. The Kier molecular flexibility index (Phi) is 4.82. The van der Waals surface area contributed by atoms with Crippen LogP contribution in [0.4, 0.5) is 0 Å². The van der Waals surface area contributed by atoms with Crippen LogP contribution in [0.3, 0.4) is 0 Å². The first-order valence-corrected chi connectivity index (χ1v) is 6.67. The predicted octanol–water partition coefficient (Wildman–Crippen LogP) is 3.19. The monoisotopic (exact) mass is 286 g/mol. The molecule has 110 valence electrons. The quantitative estimate of drug-likeness (QED) is 0.886. The maximum Gasteiger partial charge on any atom is 0.339 e. The molecular formula is C17H18O4. The highest BCUT2D eigenvalue weighted by atomic mass is 16.5. The van der Waals surface area contributed by atoms with Gasteiger partial charge < -0.3 is 14.6 Å². The van der Waals surface area contributed by atoms with Crippen molar-refractivity contribution in [3.63, 3.8) is 0 Å². The molecule has 0 aliphatic heterocycles. The van der Waals surface area contributed by atoms with E-state index in [1.807, 2.05) is 30.3 Å². The minimum atomic E-state index is -0.988. The summed E-state index contributed by atoms with van der Waals surface area (Å²) in [6.07, 6.45) is 1.37. The third kappa shape index (κ3) is 3.54. The van der Waals surface area contributed by atoms with Gasteiger partial charge in [0.25, 0.3) is 0 Å². The van der Waals surface area contributed by atoms with Gasteiger partial charge in [-0.3, -0.25) is 0 Å². The van der Waals surface area contributed by atoms with Gasteiger partial charge >= 0.3 is 5.97 Å². The van der Waals surface area contributed by atoms with E-state index in [4.69, 9.17) is 9.47 Å². The summed E-state index contributed by atoms with van der Waals surface area (Å²) in [5, 5.41) is 9.42. The van der Waals surface area contributed by atoms with Crippen molar-refractivity contribution in [2.75, 3.05) is 14.2 Å². The van der Waals surface area contributed by atoms with Crippen molar-refractivity contribution >= 4 is 5.97 Å². The average Bonchev–Trinajstić information content (AvgIpc) is 2.52. The second kappa shape index (κ2) is 6.79. The summed E-state index contributed by atoms with van der Waals surface area (Å²) in [5.41, 5.74) is 2.08. The summed E-state index contributed by atoms with van der Waals surface area (Å²) in [4.78, 5) is 11.5. The number of methoxy groups -OCH3 is 2. The number of benzene rings is 2.